The number of amidine groups is 1. The van der Waals surface area contributed by atoms with E-state index in [-0.39, 0.29) is 34.6 Å². The molecule has 8 heteroatoms. The number of sulfone groups is 1. The molecule has 2 unspecified atom stereocenters. The molecule has 0 aromatic heterocycles. The number of unbranched alkanes of at least 4 members (excludes halogenated alkanes) is 1. The number of aliphatic imine (C=N–C) groups is 1. The van der Waals surface area contributed by atoms with Gasteiger partial charge < -0.3 is 9.64 Å². The number of anilines is 1. The molecule has 2 heterocycles. The van der Waals surface area contributed by atoms with Gasteiger partial charge >= 0.3 is 0 Å². The quantitative estimate of drug-likeness (QED) is 0.573. The normalized spacial score (nSPS) is 24.3. The van der Waals surface area contributed by atoms with E-state index in [2.05, 4.69) is 11.9 Å². The first-order valence-corrected chi connectivity index (χ1v) is 13.1. The summed E-state index contributed by atoms with van der Waals surface area (Å²) in [5.41, 5.74) is 0.826. The fourth-order valence-electron chi connectivity index (χ4n) is 3.75. The fraction of sp³-hybridized carbons (Fsp3) is 0.619. The molecule has 1 aromatic carbocycles. The minimum Gasteiger partial charge on any atom is -0.494 e. The highest BCUT2D eigenvalue weighted by atomic mass is 32.2. The predicted molar refractivity (Wildman–Crippen MR) is 120 cm³/mol. The number of hydrogen-bond donors (Lipinski definition) is 0. The van der Waals surface area contributed by atoms with Crippen LogP contribution in [0, 0.1) is 5.92 Å². The molecule has 0 N–H and O–H groups in total. The van der Waals surface area contributed by atoms with Gasteiger partial charge in [0.2, 0.25) is 0 Å². The molecular formula is C21H30N2O4S2. The number of fused-ring (bicyclic) bond motifs is 1. The van der Waals surface area contributed by atoms with E-state index in [1.807, 2.05) is 43.0 Å². The Bertz CT molecular complexity index is 865. The van der Waals surface area contributed by atoms with E-state index in [0.29, 0.717) is 11.8 Å². The largest absolute Gasteiger partial charge is 0.494 e. The Labute approximate surface area is 178 Å². The first-order valence-electron chi connectivity index (χ1n) is 10.4. The minimum absolute atomic E-state index is 0.0871. The van der Waals surface area contributed by atoms with E-state index in [1.165, 1.54) is 11.8 Å². The first kappa shape index (κ1) is 22.2. The smallest absolute Gasteiger partial charge is 0.251 e. The highest BCUT2D eigenvalue weighted by Gasteiger charge is 2.49. The van der Waals surface area contributed by atoms with Gasteiger partial charge in [-0.3, -0.25) is 4.79 Å². The van der Waals surface area contributed by atoms with Gasteiger partial charge in [0.15, 0.2) is 15.0 Å². The van der Waals surface area contributed by atoms with Gasteiger partial charge in [-0.15, -0.1) is 0 Å². The second-order valence-corrected chi connectivity index (χ2v) is 11.0. The number of amides is 1. The SMILES string of the molecule is CCCCOc1cccc(N2C(=NC(=O)C(CC)CC)SC3CS(=O)(=O)CC32)c1. The van der Waals surface area contributed by atoms with Crippen molar-refractivity contribution in [3.05, 3.63) is 24.3 Å². The van der Waals surface area contributed by atoms with Crippen LogP contribution in [0.4, 0.5) is 5.69 Å². The average Bonchev–Trinajstić information content (AvgIpc) is 3.14. The monoisotopic (exact) mass is 438 g/mol. The van der Waals surface area contributed by atoms with E-state index in [1.54, 1.807) is 0 Å². The van der Waals surface area contributed by atoms with Crippen LogP contribution in [0.25, 0.3) is 0 Å². The molecule has 0 saturated carbocycles. The number of benzene rings is 1. The summed E-state index contributed by atoms with van der Waals surface area (Å²) in [5, 5.41) is 0.510. The van der Waals surface area contributed by atoms with Crippen LogP contribution in [-0.4, -0.2) is 48.9 Å². The molecule has 0 radical (unpaired) electrons. The first-order chi connectivity index (χ1) is 13.9. The number of thioether (sulfide) groups is 1. The van der Waals surface area contributed by atoms with Crippen LogP contribution in [0.5, 0.6) is 5.75 Å². The van der Waals surface area contributed by atoms with E-state index in [9.17, 15) is 13.2 Å². The zero-order valence-corrected chi connectivity index (χ0v) is 19.0. The van der Waals surface area contributed by atoms with Gasteiger partial charge in [-0.1, -0.05) is 45.0 Å². The molecule has 1 amide bonds. The van der Waals surface area contributed by atoms with Crippen molar-refractivity contribution in [2.75, 3.05) is 23.0 Å². The standard InChI is InChI=1S/C21H30N2O4S2/c1-4-7-11-27-17-10-8-9-16(12-17)23-18-13-29(25,26)14-19(18)28-21(23)22-20(24)15(5-2)6-3/h8-10,12,15,18-19H,4-7,11,13-14H2,1-3H3. The molecule has 2 aliphatic heterocycles. The van der Waals surface area contributed by atoms with Crippen LogP contribution >= 0.6 is 11.8 Å². The molecule has 2 atom stereocenters. The van der Waals surface area contributed by atoms with E-state index in [0.717, 1.165) is 37.1 Å². The molecule has 0 aliphatic carbocycles. The van der Waals surface area contributed by atoms with Crippen molar-refractivity contribution in [3.63, 3.8) is 0 Å². The lowest BCUT2D eigenvalue weighted by molar-refractivity contribution is -0.121. The van der Waals surface area contributed by atoms with Crippen molar-refractivity contribution >= 4 is 38.4 Å². The van der Waals surface area contributed by atoms with Gasteiger partial charge in [0, 0.05) is 22.9 Å². The maximum Gasteiger partial charge on any atom is 0.251 e. The van der Waals surface area contributed by atoms with Crippen LogP contribution < -0.4 is 9.64 Å². The zero-order valence-electron chi connectivity index (χ0n) is 17.3. The zero-order chi connectivity index (χ0) is 21.0. The Morgan fingerprint density at radius 1 is 1.28 bits per heavy atom. The van der Waals surface area contributed by atoms with Crippen LogP contribution in [0.15, 0.2) is 29.3 Å². The van der Waals surface area contributed by atoms with Crippen LogP contribution in [0.1, 0.15) is 46.5 Å². The molecule has 2 aliphatic rings. The van der Waals surface area contributed by atoms with E-state index in [4.69, 9.17) is 4.74 Å². The Hall–Kier alpha value is -1.54. The minimum atomic E-state index is -3.09. The summed E-state index contributed by atoms with van der Waals surface area (Å²) in [6, 6.07) is 7.44. The highest BCUT2D eigenvalue weighted by Crippen LogP contribution is 2.41. The fourth-order valence-corrected chi connectivity index (χ4v) is 7.67. The highest BCUT2D eigenvalue weighted by molar-refractivity contribution is 8.16. The van der Waals surface area contributed by atoms with Crippen molar-refractivity contribution in [2.24, 2.45) is 10.9 Å². The lowest BCUT2D eigenvalue weighted by Gasteiger charge is -2.25. The number of carbonyl (C=O) groups is 1. The lowest BCUT2D eigenvalue weighted by atomic mass is 10.0. The second kappa shape index (κ2) is 9.51. The van der Waals surface area contributed by atoms with Gasteiger partial charge in [-0.25, -0.2) is 8.42 Å². The van der Waals surface area contributed by atoms with E-state index >= 15 is 0 Å². The molecule has 29 heavy (non-hydrogen) atoms. The van der Waals surface area contributed by atoms with Gasteiger partial charge in [-0.2, -0.15) is 4.99 Å². The van der Waals surface area contributed by atoms with Crippen molar-refractivity contribution < 1.29 is 17.9 Å². The molecule has 3 rings (SSSR count). The van der Waals surface area contributed by atoms with Gasteiger partial charge in [0.05, 0.1) is 24.2 Å². The maximum absolute atomic E-state index is 12.7. The third-order valence-corrected chi connectivity index (χ3v) is 8.68. The van der Waals surface area contributed by atoms with Crippen molar-refractivity contribution in [3.8, 4) is 5.75 Å². The van der Waals surface area contributed by atoms with Gasteiger partial charge in [0.1, 0.15) is 5.75 Å². The van der Waals surface area contributed by atoms with Crippen molar-refractivity contribution in [2.45, 2.75) is 57.7 Å². The Morgan fingerprint density at radius 2 is 2.03 bits per heavy atom. The summed E-state index contributed by atoms with van der Waals surface area (Å²) in [4.78, 5) is 19.0. The van der Waals surface area contributed by atoms with Gasteiger partial charge in [-0.05, 0) is 31.4 Å². The number of nitrogens with zero attached hydrogens (tertiary/aromatic N) is 2. The summed E-state index contributed by atoms with van der Waals surface area (Å²) in [5.74, 6) is 0.738. The summed E-state index contributed by atoms with van der Waals surface area (Å²) in [6.07, 6.45) is 3.53. The molecule has 6 nitrogen and oxygen atoms in total. The summed E-state index contributed by atoms with van der Waals surface area (Å²) in [6.45, 7) is 6.74. The molecule has 0 bridgehead atoms. The molecular weight excluding hydrogens is 408 g/mol. The Kier molecular flexibility index (Phi) is 7.27. The molecule has 2 fully saturated rings. The van der Waals surface area contributed by atoms with Crippen molar-refractivity contribution in [1.29, 1.82) is 0 Å². The average molecular weight is 439 g/mol. The van der Waals surface area contributed by atoms with Crippen LogP contribution in [0.3, 0.4) is 0 Å². The Balaban J connectivity index is 1.92. The Morgan fingerprint density at radius 3 is 2.72 bits per heavy atom. The summed E-state index contributed by atoms with van der Waals surface area (Å²) < 4.78 is 30.3. The second-order valence-electron chi connectivity index (χ2n) is 7.62. The number of carbonyl (C=O) groups excluding carboxylic acids is 1. The number of ether oxygens (including phenoxy) is 1. The van der Waals surface area contributed by atoms with Crippen LogP contribution in [0.2, 0.25) is 0 Å². The van der Waals surface area contributed by atoms with Crippen molar-refractivity contribution in [1.82, 2.24) is 0 Å². The predicted octanol–water partition coefficient (Wildman–Crippen LogP) is 3.90. The third-order valence-electron chi connectivity index (χ3n) is 5.47. The molecule has 0 spiro atoms. The molecule has 2 saturated heterocycles. The third kappa shape index (κ3) is 5.15. The molecule has 160 valence electrons. The number of rotatable bonds is 8. The van der Waals surface area contributed by atoms with Gasteiger partial charge in [0.25, 0.3) is 5.91 Å². The van der Waals surface area contributed by atoms with Crippen LogP contribution in [-0.2, 0) is 14.6 Å². The topological polar surface area (TPSA) is 76.0 Å². The molecule has 1 aromatic rings. The lowest BCUT2D eigenvalue weighted by Crippen LogP contribution is -2.37. The number of hydrogen-bond acceptors (Lipinski definition) is 5. The van der Waals surface area contributed by atoms with E-state index < -0.39 is 9.84 Å². The summed E-state index contributed by atoms with van der Waals surface area (Å²) >= 11 is 1.42. The maximum atomic E-state index is 12.7. The summed E-state index contributed by atoms with van der Waals surface area (Å²) in [7, 11) is -3.09.